The lowest BCUT2D eigenvalue weighted by molar-refractivity contribution is -0.352. The van der Waals surface area contributed by atoms with Gasteiger partial charge < -0.3 is 14.8 Å². The quantitative estimate of drug-likeness (QED) is 0.190. The Balaban J connectivity index is 3.31. The topological polar surface area (TPSA) is 119 Å². The Morgan fingerprint density at radius 2 is 1.66 bits per heavy atom. The first-order valence-electron chi connectivity index (χ1n) is 8.29. The van der Waals surface area contributed by atoms with Crippen LogP contribution in [-0.2, 0) is 29.2 Å². The van der Waals surface area contributed by atoms with Gasteiger partial charge in [-0.3, -0.25) is 9.35 Å². The van der Waals surface area contributed by atoms with Crippen LogP contribution in [0.1, 0.15) is 39.0 Å². The molecule has 0 saturated heterocycles. The molecule has 0 heterocycles. The molecular formula is C15H20F5NO7S. The van der Waals surface area contributed by atoms with Gasteiger partial charge in [0.25, 0.3) is 0 Å². The van der Waals surface area contributed by atoms with Crippen molar-refractivity contribution in [2.24, 2.45) is 0 Å². The third-order valence-corrected chi connectivity index (χ3v) is 4.89. The minimum absolute atomic E-state index is 0.287. The van der Waals surface area contributed by atoms with Crippen molar-refractivity contribution in [3.05, 3.63) is 12.2 Å². The van der Waals surface area contributed by atoms with Crippen LogP contribution in [0.2, 0.25) is 0 Å². The predicted octanol–water partition coefficient (Wildman–Crippen LogP) is 2.31. The number of amides is 1. The van der Waals surface area contributed by atoms with Crippen molar-refractivity contribution in [2.45, 2.75) is 62.3 Å². The number of hydrogen-bond acceptors (Lipinski definition) is 6. The van der Waals surface area contributed by atoms with Crippen LogP contribution in [0, 0.1) is 0 Å². The van der Waals surface area contributed by atoms with Gasteiger partial charge in [0.15, 0.2) is 0 Å². The third kappa shape index (κ3) is 6.09. The molecule has 1 amide bonds. The van der Waals surface area contributed by atoms with Crippen LogP contribution in [0.3, 0.4) is 0 Å². The first-order chi connectivity index (χ1) is 13.0. The van der Waals surface area contributed by atoms with Gasteiger partial charge in [-0.2, -0.15) is 30.4 Å². The summed E-state index contributed by atoms with van der Waals surface area (Å²) in [4.78, 5) is 24.1. The van der Waals surface area contributed by atoms with E-state index in [1.54, 1.807) is 0 Å². The Morgan fingerprint density at radius 1 is 1.14 bits per heavy atom. The van der Waals surface area contributed by atoms with E-state index in [-0.39, 0.29) is 12.8 Å². The fourth-order valence-corrected chi connectivity index (χ4v) is 2.62. The Morgan fingerprint density at radius 3 is 2.07 bits per heavy atom. The Kier molecular flexibility index (Phi) is 7.76. The Bertz CT molecular complexity index is 747. The summed E-state index contributed by atoms with van der Waals surface area (Å²) in [5, 5.41) is -3.28. The monoisotopic (exact) mass is 453 g/mol. The van der Waals surface area contributed by atoms with Crippen molar-refractivity contribution in [3.63, 3.8) is 0 Å². The number of rotatable bonds is 8. The molecule has 1 saturated carbocycles. The maximum absolute atomic E-state index is 13.7. The van der Waals surface area contributed by atoms with Gasteiger partial charge in [0.1, 0.15) is 6.61 Å². The van der Waals surface area contributed by atoms with Crippen molar-refractivity contribution in [1.82, 2.24) is 5.32 Å². The molecule has 0 aromatic heterocycles. The van der Waals surface area contributed by atoms with Crippen LogP contribution in [-0.4, -0.2) is 54.7 Å². The summed E-state index contributed by atoms with van der Waals surface area (Å²) < 4.78 is 106. The molecular weight excluding hydrogens is 433 g/mol. The lowest BCUT2D eigenvalue weighted by Gasteiger charge is -2.35. The predicted molar refractivity (Wildman–Crippen MR) is 87.2 cm³/mol. The molecule has 1 fully saturated rings. The van der Waals surface area contributed by atoms with E-state index in [4.69, 9.17) is 4.55 Å². The number of nitrogens with one attached hydrogen (secondary N) is 1. The molecule has 0 radical (unpaired) electrons. The van der Waals surface area contributed by atoms with Gasteiger partial charge in [0.2, 0.25) is 0 Å². The van der Waals surface area contributed by atoms with Gasteiger partial charge in [0.05, 0.1) is 0 Å². The standard InChI is InChI=1S/C15H20F5NO7S/c1-9(2)11(22)28-14(15(18,19)20,27-8-13(16,17)29(24,25)26)12(23)21-10-6-4-3-5-7-10/h10H,1,3-8H2,2H3,(H,21,23)(H,24,25,26). The van der Waals surface area contributed by atoms with E-state index in [1.165, 1.54) is 0 Å². The summed E-state index contributed by atoms with van der Waals surface area (Å²) in [6.45, 7) is 1.34. The zero-order valence-electron chi connectivity index (χ0n) is 15.2. The highest BCUT2D eigenvalue weighted by atomic mass is 32.2. The van der Waals surface area contributed by atoms with E-state index in [0.717, 1.165) is 13.3 Å². The third-order valence-electron chi connectivity index (χ3n) is 4.02. The average molecular weight is 453 g/mol. The average Bonchev–Trinajstić information content (AvgIpc) is 2.56. The van der Waals surface area contributed by atoms with Crippen LogP contribution in [0.25, 0.3) is 0 Å². The molecule has 1 unspecified atom stereocenters. The number of carbonyl (C=O) groups is 2. The molecule has 1 aliphatic rings. The van der Waals surface area contributed by atoms with Gasteiger partial charge in [-0.25, -0.2) is 4.79 Å². The summed E-state index contributed by atoms with van der Waals surface area (Å²) in [6.07, 6.45) is -3.37. The summed E-state index contributed by atoms with van der Waals surface area (Å²) in [5.41, 5.74) is -0.616. The van der Waals surface area contributed by atoms with Crippen LogP contribution < -0.4 is 5.32 Å². The van der Waals surface area contributed by atoms with Gasteiger partial charge in [-0.1, -0.05) is 25.8 Å². The molecule has 1 rings (SSSR count). The van der Waals surface area contributed by atoms with Crippen LogP contribution in [0.5, 0.6) is 0 Å². The molecule has 0 aliphatic heterocycles. The van der Waals surface area contributed by atoms with Gasteiger partial charge >= 0.3 is 39.2 Å². The summed E-state index contributed by atoms with van der Waals surface area (Å²) in [5.74, 6) is -8.50. The van der Waals surface area contributed by atoms with Gasteiger partial charge in [0, 0.05) is 11.6 Å². The second kappa shape index (κ2) is 8.92. The largest absolute Gasteiger partial charge is 0.466 e. The Hall–Kier alpha value is -1.80. The molecule has 8 nitrogen and oxygen atoms in total. The molecule has 29 heavy (non-hydrogen) atoms. The maximum Gasteiger partial charge on any atom is 0.466 e. The number of halogens is 5. The van der Waals surface area contributed by atoms with Crippen molar-refractivity contribution in [2.75, 3.05) is 6.61 Å². The number of carbonyl (C=O) groups excluding carboxylic acids is 2. The fraction of sp³-hybridized carbons (Fsp3) is 0.733. The number of ether oxygens (including phenoxy) is 2. The molecule has 0 spiro atoms. The van der Waals surface area contributed by atoms with Crippen molar-refractivity contribution < 1.29 is 54.0 Å². The number of esters is 1. The van der Waals surface area contributed by atoms with E-state index in [9.17, 15) is 40.0 Å². The lowest BCUT2D eigenvalue weighted by Crippen LogP contribution is -2.64. The Labute approximate surface area is 163 Å². The number of hydrogen-bond donors (Lipinski definition) is 2. The highest BCUT2D eigenvalue weighted by Crippen LogP contribution is 2.38. The molecule has 1 aliphatic carbocycles. The van der Waals surface area contributed by atoms with E-state index in [0.29, 0.717) is 12.8 Å². The normalized spacial score (nSPS) is 18.6. The first-order valence-corrected chi connectivity index (χ1v) is 9.73. The minimum atomic E-state index is -6.18. The van der Waals surface area contributed by atoms with Crippen molar-refractivity contribution in [1.29, 1.82) is 0 Å². The highest BCUT2D eigenvalue weighted by molar-refractivity contribution is 7.86. The van der Waals surface area contributed by atoms with E-state index in [2.05, 4.69) is 16.1 Å². The van der Waals surface area contributed by atoms with E-state index in [1.807, 2.05) is 5.32 Å². The van der Waals surface area contributed by atoms with Crippen LogP contribution >= 0.6 is 0 Å². The number of alkyl halides is 5. The smallest absolute Gasteiger partial charge is 0.412 e. The molecule has 0 aromatic rings. The molecule has 2 N–H and O–H groups in total. The lowest BCUT2D eigenvalue weighted by atomic mass is 9.95. The molecule has 14 heteroatoms. The highest BCUT2D eigenvalue weighted by Gasteiger charge is 2.68. The zero-order chi connectivity index (χ0) is 22.7. The van der Waals surface area contributed by atoms with E-state index < -0.39 is 57.4 Å². The van der Waals surface area contributed by atoms with Gasteiger partial charge in [-0.15, -0.1) is 0 Å². The molecule has 168 valence electrons. The summed E-state index contributed by atoms with van der Waals surface area (Å²) >= 11 is 0. The minimum Gasteiger partial charge on any atom is -0.412 e. The SMILES string of the molecule is C=C(C)C(=O)OC(OCC(F)(F)S(=O)(=O)O)(C(=O)NC1CCCCC1)C(F)(F)F. The first kappa shape index (κ1) is 25.2. The second-order valence-corrected chi connectivity index (χ2v) is 8.04. The fourth-order valence-electron chi connectivity index (χ4n) is 2.41. The van der Waals surface area contributed by atoms with Crippen LogP contribution in [0.15, 0.2) is 12.2 Å². The molecule has 0 bridgehead atoms. The molecule has 0 aromatic carbocycles. The molecule has 1 atom stereocenters. The summed E-state index contributed by atoms with van der Waals surface area (Å²) in [7, 11) is -6.18. The van der Waals surface area contributed by atoms with E-state index >= 15 is 0 Å². The maximum atomic E-state index is 13.7. The second-order valence-electron chi connectivity index (χ2n) is 6.49. The van der Waals surface area contributed by atoms with Crippen molar-refractivity contribution >= 4 is 22.0 Å². The summed E-state index contributed by atoms with van der Waals surface area (Å²) in [6, 6.07) is -0.771. The van der Waals surface area contributed by atoms with Crippen molar-refractivity contribution in [3.8, 4) is 0 Å². The zero-order valence-corrected chi connectivity index (χ0v) is 16.0. The van der Waals surface area contributed by atoms with Gasteiger partial charge in [-0.05, 0) is 19.8 Å². The van der Waals surface area contributed by atoms with Crippen LogP contribution in [0.4, 0.5) is 22.0 Å².